The third-order valence-electron chi connectivity index (χ3n) is 1.44. The first-order chi connectivity index (χ1) is 5.74. The first kappa shape index (κ1) is 8.75. The van der Waals surface area contributed by atoms with Crippen LogP contribution in [0.1, 0.15) is 24.7 Å². The van der Waals surface area contributed by atoms with E-state index in [0.29, 0.717) is 18.3 Å². The minimum atomic E-state index is 0.0403. The number of hydrogen-bond donors (Lipinski definition) is 1. The summed E-state index contributed by atoms with van der Waals surface area (Å²) in [5.41, 5.74) is 0. The van der Waals surface area contributed by atoms with Crippen LogP contribution in [0.4, 0.5) is 0 Å². The molecule has 0 radical (unpaired) electrons. The van der Waals surface area contributed by atoms with Gasteiger partial charge in [-0.05, 0) is 6.92 Å². The highest BCUT2D eigenvalue weighted by Crippen LogP contribution is 2.06. The van der Waals surface area contributed by atoms with Gasteiger partial charge in [-0.2, -0.15) is 4.98 Å². The highest BCUT2D eigenvalue weighted by molar-refractivity contribution is 4.94. The van der Waals surface area contributed by atoms with Gasteiger partial charge in [-0.3, -0.25) is 5.32 Å². The molecule has 4 heteroatoms. The molecule has 1 atom stereocenters. The van der Waals surface area contributed by atoms with Crippen molar-refractivity contribution in [3.8, 4) is 12.3 Å². The monoisotopic (exact) mass is 165 g/mol. The van der Waals surface area contributed by atoms with Crippen LogP contribution in [0.25, 0.3) is 0 Å². The summed E-state index contributed by atoms with van der Waals surface area (Å²) < 4.78 is 4.81. The highest BCUT2D eigenvalue weighted by Gasteiger charge is 2.09. The van der Waals surface area contributed by atoms with Crippen LogP contribution in [0.5, 0.6) is 0 Å². The zero-order valence-electron chi connectivity index (χ0n) is 7.16. The number of nitrogens with one attached hydrogen (secondary N) is 1. The van der Waals surface area contributed by atoms with Crippen molar-refractivity contribution in [2.75, 3.05) is 6.54 Å². The molecule has 0 saturated heterocycles. The van der Waals surface area contributed by atoms with E-state index in [9.17, 15) is 0 Å². The molecule has 1 unspecified atom stereocenters. The maximum absolute atomic E-state index is 5.08. The van der Waals surface area contributed by atoms with Crippen LogP contribution in [0.2, 0.25) is 0 Å². The number of terminal acetylenes is 1. The van der Waals surface area contributed by atoms with Crippen molar-refractivity contribution in [3.05, 3.63) is 11.7 Å². The topological polar surface area (TPSA) is 51.0 Å². The van der Waals surface area contributed by atoms with E-state index in [1.165, 1.54) is 0 Å². The Morgan fingerprint density at radius 2 is 2.50 bits per heavy atom. The predicted octanol–water partition coefficient (Wildman–Crippen LogP) is 0.662. The molecule has 0 fully saturated rings. The molecule has 0 saturated carbocycles. The van der Waals surface area contributed by atoms with Crippen molar-refractivity contribution in [2.24, 2.45) is 0 Å². The highest BCUT2D eigenvalue weighted by atomic mass is 16.5. The predicted molar refractivity (Wildman–Crippen MR) is 44.3 cm³/mol. The van der Waals surface area contributed by atoms with Gasteiger partial charge >= 0.3 is 0 Å². The minimum Gasteiger partial charge on any atom is -0.340 e. The molecule has 1 aromatic heterocycles. The Morgan fingerprint density at radius 1 is 1.75 bits per heavy atom. The van der Waals surface area contributed by atoms with Crippen LogP contribution in [0.3, 0.4) is 0 Å². The molecule has 1 rings (SSSR count). The largest absolute Gasteiger partial charge is 0.340 e. The van der Waals surface area contributed by atoms with E-state index in [0.717, 1.165) is 0 Å². The summed E-state index contributed by atoms with van der Waals surface area (Å²) in [5.74, 6) is 3.69. The molecule has 1 heterocycles. The van der Waals surface area contributed by atoms with Gasteiger partial charge in [-0.25, -0.2) is 0 Å². The lowest BCUT2D eigenvalue weighted by atomic mass is 10.3. The van der Waals surface area contributed by atoms with Crippen molar-refractivity contribution >= 4 is 0 Å². The maximum Gasteiger partial charge on any atom is 0.223 e. The van der Waals surface area contributed by atoms with Crippen LogP contribution in [0.15, 0.2) is 4.52 Å². The molecule has 0 aliphatic carbocycles. The second-order valence-electron chi connectivity index (χ2n) is 2.48. The van der Waals surface area contributed by atoms with Crippen LogP contribution in [0, 0.1) is 19.3 Å². The van der Waals surface area contributed by atoms with E-state index < -0.39 is 0 Å². The lowest BCUT2D eigenvalue weighted by Gasteiger charge is -2.04. The van der Waals surface area contributed by atoms with Gasteiger partial charge in [0, 0.05) is 6.92 Å². The Labute approximate surface area is 71.4 Å². The molecule has 1 N–H and O–H groups in total. The Hall–Kier alpha value is -1.34. The van der Waals surface area contributed by atoms with Gasteiger partial charge in [-0.15, -0.1) is 6.42 Å². The molecule has 0 aliphatic heterocycles. The molecule has 0 spiro atoms. The summed E-state index contributed by atoms with van der Waals surface area (Å²) in [7, 11) is 0. The van der Waals surface area contributed by atoms with Gasteiger partial charge in [0.1, 0.15) is 0 Å². The van der Waals surface area contributed by atoms with Gasteiger partial charge < -0.3 is 4.52 Å². The van der Waals surface area contributed by atoms with Crippen molar-refractivity contribution in [1.29, 1.82) is 0 Å². The van der Waals surface area contributed by atoms with Crippen molar-refractivity contribution in [3.63, 3.8) is 0 Å². The average molecular weight is 165 g/mol. The fourth-order valence-electron chi connectivity index (χ4n) is 0.794. The standard InChI is InChI=1S/C8H11N3O/c1-4-5-9-6(2)8-10-7(3)12-11-8/h1,6,9H,5H2,2-3H3. The summed E-state index contributed by atoms with van der Waals surface area (Å²) in [6.45, 7) is 4.20. The SMILES string of the molecule is C#CCNC(C)c1noc(C)n1. The normalized spacial score (nSPS) is 12.4. The van der Waals surface area contributed by atoms with E-state index in [2.05, 4.69) is 21.4 Å². The zero-order chi connectivity index (χ0) is 8.97. The Balaban J connectivity index is 2.54. The number of aromatic nitrogens is 2. The fraction of sp³-hybridized carbons (Fsp3) is 0.500. The van der Waals surface area contributed by atoms with E-state index >= 15 is 0 Å². The first-order valence-electron chi connectivity index (χ1n) is 3.71. The Bertz CT molecular complexity index is 287. The summed E-state index contributed by atoms with van der Waals surface area (Å²) in [6.07, 6.45) is 5.08. The number of hydrogen-bond acceptors (Lipinski definition) is 4. The molecule has 4 nitrogen and oxygen atoms in total. The second kappa shape index (κ2) is 3.88. The van der Waals surface area contributed by atoms with Gasteiger partial charge in [-0.1, -0.05) is 11.1 Å². The van der Waals surface area contributed by atoms with Crippen molar-refractivity contribution in [1.82, 2.24) is 15.5 Å². The average Bonchev–Trinajstić information content (AvgIpc) is 2.47. The van der Waals surface area contributed by atoms with Crippen molar-refractivity contribution in [2.45, 2.75) is 19.9 Å². The molecule has 0 amide bonds. The maximum atomic E-state index is 5.08. The molecule has 12 heavy (non-hydrogen) atoms. The summed E-state index contributed by atoms with van der Waals surface area (Å²) in [4.78, 5) is 4.05. The molecule has 64 valence electrons. The van der Waals surface area contributed by atoms with Crippen LogP contribution < -0.4 is 5.32 Å². The zero-order valence-corrected chi connectivity index (χ0v) is 7.16. The van der Waals surface area contributed by atoms with Crippen molar-refractivity contribution < 1.29 is 4.52 Å². The van der Waals surface area contributed by atoms with Crippen LogP contribution in [-0.2, 0) is 0 Å². The number of aryl methyl sites for hydroxylation is 1. The third kappa shape index (κ3) is 2.07. The first-order valence-corrected chi connectivity index (χ1v) is 3.71. The molecule has 0 aliphatic rings. The fourth-order valence-corrected chi connectivity index (χ4v) is 0.794. The molecular weight excluding hydrogens is 154 g/mol. The van der Waals surface area contributed by atoms with Gasteiger partial charge in [0.05, 0.1) is 12.6 Å². The summed E-state index contributed by atoms with van der Waals surface area (Å²) >= 11 is 0. The van der Waals surface area contributed by atoms with E-state index in [4.69, 9.17) is 10.9 Å². The smallest absolute Gasteiger partial charge is 0.223 e. The number of nitrogens with zero attached hydrogens (tertiary/aromatic N) is 2. The third-order valence-corrected chi connectivity index (χ3v) is 1.44. The summed E-state index contributed by atoms with van der Waals surface area (Å²) in [5, 5.41) is 6.79. The van der Waals surface area contributed by atoms with Gasteiger partial charge in [0.2, 0.25) is 5.89 Å². The van der Waals surface area contributed by atoms with E-state index in [-0.39, 0.29) is 6.04 Å². The molecule has 0 aromatic carbocycles. The quantitative estimate of drug-likeness (QED) is 0.668. The molecule has 1 aromatic rings. The molecule has 0 bridgehead atoms. The second-order valence-corrected chi connectivity index (χ2v) is 2.48. The van der Waals surface area contributed by atoms with Crippen LogP contribution in [-0.4, -0.2) is 16.7 Å². The lowest BCUT2D eigenvalue weighted by molar-refractivity contribution is 0.381. The molecular formula is C8H11N3O. The lowest BCUT2D eigenvalue weighted by Crippen LogP contribution is -2.19. The Morgan fingerprint density at radius 3 is 3.00 bits per heavy atom. The van der Waals surface area contributed by atoms with E-state index in [1.807, 2.05) is 6.92 Å². The van der Waals surface area contributed by atoms with E-state index in [1.54, 1.807) is 6.92 Å². The minimum absolute atomic E-state index is 0.0403. The van der Waals surface area contributed by atoms with Gasteiger partial charge in [0.15, 0.2) is 5.82 Å². The Kier molecular flexibility index (Phi) is 2.83. The summed E-state index contributed by atoms with van der Waals surface area (Å²) in [6, 6.07) is 0.0403. The number of rotatable bonds is 3. The van der Waals surface area contributed by atoms with Crippen LogP contribution >= 0.6 is 0 Å². The van der Waals surface area contributed by atoms with Gasteiger partial charge in [0.25, 0.3) is 0 Å².